The van der Waals surface area contributed by atoms with Crippen LogP contribution in [-0.4, -0.2) is 52.5 Å². The van der Waals surface area contributed by atoms with Crippen LogP contribution in [-0.2, 0) is 19.4 Å². The number of aromatic amines is 1. The number of hydrogen-bond donors (Lipinski definition) is 1. The SMILES string of the molecule is CCCCc1ncc(CN2CCC[C@@H](N(C)CCc3ccccc3)C2)[nH]1. The van der Waals surface area contributed by atoms with Gasteiger partial charge in [0.15, 0.2) is 0 Å². The molecule has 1 aromatic carbocycles. The van der Waals surface area contributed by atoms with Gasteiger partial charge < -0.3 is 9.88 Å². The first-order valence-corrected chi connectivity index (χ1v) is 10.2. The number of nitrogens with zero attached hydrogens (tertiary/aromatic N) is 3. The summed E-state index contributed by atoms with van der Waals surface area (Å²) < 4.78 is 0. The molecule has 3 rings (SSSR count). The number of benzene rings is 1. The third-order valence-corrected chi connectivity index (χ3v) is 5.54. The van der Waals surface area contributed by atoms with Crippen LogP contribution in [0.15, 0.2) is 36.5 Å². The molecule has 4 nitrogen and oxygen atoms in total. The number of H-pyrrole nitrogens is 1. The van der Waals surface area contributed by atoms with Gasteiger partial charge in [0.05, 0.1) is 0 Å². The minimum absolute atomic E-state index is 0.662. The second-order valence-corrected chi connectivity index (χ2v) is 7.71. The Balaban J connectivity index is 1.46. The normalized spacial score (nSPS) is 18.5. The third kappa shape index (κ3) is 5.68. The fourth-order valence-corrected chi connectivity index (χ4v) is 3.87. The maximum Gasteiger partial charge on any atom is 0.106 e. The van der Waals surface area contributed by atoms with E-state index >= 15 is 0 Å². The van der Waals surface area contributed by atoms with Gasteiger partial charge in [0, 0.05) is 44.0 Å². The molecule has 1 aliphatic heterocycles. The number of aromatic nitrogens is 2. The third-order valence-electron chi connectivity index (χ3n) is 5.54. The molecule has 2 aromatic rings. The van der Waals surface area contributed by atoms with Crippen LogP contribution in [0.3, 0.4) is 0 Å². The Labute approximate surface area is 158 Å². The fourth-order valence-electron chi connectivity index (χ4n) is 3.87. The van der Waals surface area contributed by atoms with E-state index in [9.17, 15) is 0 Å². The minimum atomic E-state index is 0.662. The minimum Gasteiger partial charge on any atom is -0.345 e. The Bertz CT molecular complexity index is 637. The van der Waals surface area contributed by atoms with E-state index in [0.717, 1.165) is 38.3 Å². The Morgan fingerprint density at radius 1 is 1.23 bits per heavy atom. The van der Waals surface area contributed by atoms with Crippen molar-refractivity contribution in [3.8, 4) is 0 Å². The highest BCUT2D eigenvalue weighted by molar-refractivity contribution is 5.14. The summed E-state index contributed by atoms with van der Waals surface area (Å²) >= 11 is 0. The zero-order valence-electron chi connectivity index (χ0n) is 16.5. The van der Waals surface area contributed by atoms with E-state index in [1.165, 1.54) is 43.5 Å². The first-order chi connectivity index (χ1) is 12.7. The number of likely N-dealkylation sites (tertiary alicyclic amines) is 1. The fraction of sp³-hybridized carbons (Fsp3) is 0.591. The molecule has 1 atom stereocenters. The Kier molecular flexibility index (Phi) is 7.27. The smallest absolute Gasteiger partial charge is 0.106 e. The van der Waals surface area contributed by atoms with Gasteiger partial charge in [0.1, 0.15) is 5.82 Å². The summed E-state index contributed by atoms with van der Waals surface area (Å²) in [4.78, 5) is 13.2. The number of rotatable bonds is 9. The molecule has 1 N–H and O–H groups in total. The van der Waals surface area contributed by atoms with E-state index in [2.05, 4.69) is 64.1 Å². The van der Waals surface area contributed by atoms with E-state index in [-0.39, 0.29) is 0 Å². The van der Waals surface area contributed by atoms with Crippen molar-refractivity contribution in [2.45, 2.75) is 58.0 Å². The number of imidazole rings is 1. The number of likely N-dealkylation sites (N-methyl/N-ethyl adjacent to an activating group) is 1. The summed E-state index contributed by atoms with van der Waals surface area (Å²) in [6.07, 6.45) is 9.28. The Morgan fingerprint density at radius 3 is 2.88 bits per heavy atom. The van der Waals surface area contributed by atoms with Gasteiger partial charge in [-0.3, -0.25) is 4.90 Å². The molecule has 2 heterocycles. The summed E-state index contributed by atoms with van der Waals surface area (Å²) in [5.41, 5.74) is 2.70. The first kappa shape index (κ1) is 19.1. The Morgan fingerprint density at radius 2 is 2.08 bits per heavy atom. The lowest BCUT2D eigenvalue weighted by Gasteiger charge is -2.37. The molecule has 0 radical (unpaired) electrons. The summed E-state index contributed by atoms with van der Waals surface area (Å²) in [6.45, 7) is 6.73. The predicted octanol–water partition coefficient (Wildman–Crippen LogP) is 3.89. The molecule has 4 heteroatoms. The molecule has 0 aliphatic carbocycles. The zero-order valence-corrected chi connectivity index (χ0v) is 16.5. The monoisotopic (exact) mass is 354 g/mol. The van der Waals surface area contributed by atoms with Crippen LogP contribution in [0.5, 0.6) is 0 Å². The van der Waals surface area contributed by atoms with Crippen LogP contribution in [0, 0.1) is 0 Å². The van der Waals surface area contributed by atoms with Crippen molar-refractivity contribution in [1.82, 2.24) is 19.8 Å². The van der Waals surface area contributed by atoms with Crippen molar-refractivity contribution in [2.24, 2.45) is 0 Å². The molecule has 26 heavy (non-hydrogen) atoms. The lowest BCUT2D eigenvalue weighted by molar-refractivity contribution is 0.111. The lowest BCUT2D eigenvalue weighted by atomic mass is 10.0. The quantitative estimate of drug-likeness (QED) is 0.742. The highest BCUT2D eigenvalue weighted by Crippen LogP contribution is 2.17. The van der Waals surface area contributed by atoms with Crippen molar-refractivity contribution < 1.29 is 0 Å². The number of unbranched alkanes of at least 4 members (excludes halogenated alkanes) is 1. The molecule has 0 spiro atoms. The summed E-state index contributed by atoms with van der Waals surface area (Å²) in [5, 5.41) is 0. The van der Waals surface area contributed by atoms with Crippen molar-refractivity contribution in [3.05, 3.63) is 53.6 Å². The molecule has 0 unspecified atom stereocenters. The van der Waals surface area contributed by atoms with Gasteiger partial charge in [-0.1, -0.05) is 43.7 Å². The van der Waals surface area contributed by atoms with Gasteiger partial charge in [-0.05, 0) is 44.8 Å². The van der Waals surface area contributed by atoms with Crippen LogP contribution in [0.4, 0.5) is 0 Å². The largest absolute Gasteiger partial charge is 0.345 e. The van der Waals surface area contributed by atoms with Crippen molar-refractivity contribution in [1.29, 1.82) is 0 Å². The van der Waals surface area contributed by atoms with Crippen molar-refractivity contribution >= 4 is 0 Å². The molecule has 142 valence electrons. The second kappa shape index (κ2) is 9.89. The van der Waals surface area contributed by atoms with E-state index in [1.807, 2.05) is 6.20 Å². The second-order valence-electron chi connectivity index (χ2n) is 7.71. The average Bonchev–Trinajstić information content (AvgIpc) is 3.12. The van der Waals surface area contributed by atoms with Crippen LogP contribution in [0.25, 0.3) is 0 Å². The maximum absolute atomic E-state index is 4.54. The van der Waals surface area contributed by atoms with Crippen molar-refractivity contribution in [2.75, 3.05) is 26.7 Å². The summed E-state index contributed by atoms with van der Waals surface area (Å²) in [5.74, 6) is 1.15. The van der Waals surface area contributed by atoms with Gasteiger partial charge in [-0.2, -0.15) is 0 Å². The molecule has 1 saturated heterocycles. The lowest BCUT2D eigenvalue weighted by Crippen LogP contribution is -2.46. The first-order valence-electron chi connectivity index (χ1n) is 10.2. The Hall–Kier alpha value is -1.65. The number of piperidine rings is 1. The molecule has 0 saturated carbocycles. The number of aryl methyl sites for hydroxylation is 1. The van der Waals surface area contributed by atoms with Crippen LogP contribution >= 0.6 is 0 Å². The number of hydrogen-bond acceptors (Lipinski definition) is 3. The van der Waals surface area contributed by atoms with E-state index in [4.69, 9.17) is 0 Å². The predicted molar refractivity (Wildman–Crippen MR) is 108 cm³/mol. The van der Waals surface area contributed by atoms with Gasteiger partial charge in [-0.15, -0.1) is 0 Å². The van der Waals surface area contributed by atoms with Crippen LogP contribution in [0.1, 0.15) is 49.7 Å². The van der Waals surface area contributed by atoms with Crippen molar-refractivity contribution in [3.63, 3.8) is 0 Å². The molecular weight excluding hydrogens is 320 g/mol. The summed E-state index contributed by atoms with van der Waals surface area (Å²) in [7, 11) is 2.29. The number of nitrogens with one attached hydrogen (secondary N) is 1. The maximum atomic E-state index is 4.54. The van der Waals surface area contributed by atoms with Crippen LogP contribution in [0.2, 0.25) is 0 Å². The van der Waals surface area contributed by atoms with E-state index in [0.29, 0.717) is 6.04 Å². The standard InChI is InChI=1S/C22H34N4/c1-3-4-12-22-23-16-20(24-22)17-26-14-8-11-21(18-26)25(2)15-13-19-9-6-5-7-10-19/h5-7,9-10,16,21H,3-4,8,11-15,17-18H2,1-2H3,(H,23,24)/t21-/m1/s1. The zero-order chi connectivity index (χ0) is 18.2. The summed E-state index contributed by atoms with van der Waals surface area (Å²) in [6, 6.07) is 11.5. The molecule has 1 aliphatic rings. The van der Waals surface area contributed by atoms with Gasteiger partial charge in [0.2, 0.25) is 0 Å². The molecule has 0 amide bonds. The van der Waals surface area contributed by atoms with E-state index < -0.39 is 0 Å². The van der Waals surface area contributed by atoms with E-state index in [1.54, 1.807) is 0 Å². The highest BCUT2D eigenvalue weighted by atomic mass is 15.2. The molecular formula is C22H34N4. The highest BCUT2D eigenvalue weighted by Gasteiger charge is 2.23. The van der Waals surface area contributed by atoms with Gasteiger partial charge in [0.25, 0.3) is 0 Å². The van der Waals surface area contributed by atoms with Gasteiger partial charge in [-0.25, -0.2) is 4.98 Å². The van der Waals surface area contributed by atoms with Crippen LogP contribution < -0.4 is 0 Å². The topological polar surface area (TPSA) is 35.2 Å². The molecule has 1 aromatic heterocycles. The van der Waals surface area contributed by atoms with Gasteiger partial charge >= 0.3 is 0 Å². The molecule has 0 bridgehead atoms. The average molecular weight is 355 g/mol. The molecule has 1 fully saturated rings.